The Labute approximate surface area is 196 Å². The molecule has 1 amide bonds. The Morgan fingerprint density at radius 3 is 2.72 bits per heavy atom. The summed E-state index contributed by atoms with van der Waals surface area (Å²) in [6, 6.07) is 11.9. The molecule has 1 unspecified atom stereocenters. The van der Waals surface area contributed by atoms with Crippen LogP contribution in [0.2, 0.25) is 0 Å². The second kappa shape index (κ2) is 9.24. The van der Waals surface area contributed by atoms with Gasteiger partial charge in [-0.05, 0) is 56.4 Å². The van der Waals surface area contributed by atoms with Gasteiger partial charge in [0, 0.05) is 11.4 Å². The summed E-state index contributed by atoms with van der Waals surface area (Å²) in [6.07, 6.45) is 8.63. The molecule has 3 aromatic rings. The van der Waals surface area contributed by atoms with Gasteiger partial charge in [-0.25, -0.2) is 8.42 Å². The average molecular weight is 486 g/mol. The number of terminal acetylenes is 1. The van der Waals surface area contributed by atoms with Gasteiger partial charge in [0.05, 0.1) is 21.7 Å². The van der Waals surface area contributed by atoms with Gasteiger partial charge in [-0.1, -0.05) is 35.0 Å². The standard InChI is InChI=1S/C23H23N3O3S3/c1-4-13-25-19-12-9-17(30-3)15-21(19)31-23(25)24-22(27)20-6-5-14-26(20)32(28,29)18-10-7-16(2)8-11-18/h1,7-12,15,20H,5-6,13-14H2,2-3H3. The van der Waals surface area contributed by atoms with Gasteiger partial charge in [0.25, 0.3) is 5.91 Å². The largest absolute Gasteiger partial charge is 0.305 e. The number of carbonyl (C=O) groups excluding carboxylic acids is 1. The van der Waals surface area contributed by atoms with E-state index in [0.717, 1.165) is 20.7 Å². The van der Waals surface area contributed by atoms with Crippen molar-refractivity contribution in [2.24, 2.45) is 4.99 Å². The van der Waals surface area contributed by atoms with E-state index in [9.17, 15) is 13.2 Å². The molecule has 2 aromatic carbocycles. The number of sulfonamides is 1. The fourth-order valence-electron chi connectivity index (χ4n) is 3.80. The van der Waals surface area contributed by atoms with Crippen LogP contribution in [0.5, 0.6) is 0 Å². The molecule has 32 heavy (non-hydrogen) atoms. The van der Waals surface area contributed by atoms with Crippen molar-refractivity contribution in [2.45, 2.75) is 42.1 Å². The van der Waals surface area contributed by atoms with E-state index >= 15 is 0 Å². The highest BCUT2D eigenvalue weighted by Gasteiger charge is 2.39. The number of amides is 1. The van der Waals surface area contributed by atoms with E-state index in [4.69, 9.17) is 6.42 Å². The Bertz CT molecular complexity index is 1380. The molecular weight excluding hydrogens is 462 g/mol. The Morgan fingerprint density at radius 2 is 2.03 bits per heavy atom. The molecule has 4 rings (SSSR count). The maximum Gasteiger partial charge on any atom is 0.266 e. The summed E-state index contributed by atoms with van der Waals surface area (Å²) in [5.41, 5.74) is 1.88. The Kier molecular flexibility index (Phi) is 6.58. The Hall–Kier alpha value is -2.38. The highest BCUT2D eigenvalue weighted by atomic mass is 32.2. The Balaban J connectivity index is 1.72. The van der Waals surface area contributed by atoms with Crippen molar-refractivity contribution >= 4 is 49.2 Å². The van der Waals surface area contributed by atoms with Gasteiger partial charge in [0.1, 0.15) is 6.04 Å². The first-order valence-electron chi connectivity index (χ1n) is 10.1. The van der Waals surface area contributed by atoms with Crippen LogP contribution in [0.1, 0.15) is 18.4 Å². The van der Waals surface area contributed by atoms with Crippen molar-refractivity contribution in [3.05, 3.63) is 52.8 Å². The van der Waals surface area contributed by atoms with Crippen LogP contribution < -0.4 is 4.80 Å². The van der Waals surface area contributed by atoms with Crippen LogP contribution in [0, 0.1) is 19.3 Å². The normalized spacial score (nSPS) is 17.7. The first kappa shape index (κ1) is 22.8. The number of hydrogen-bond acceptors (Lipinski definition) is 5. The van der Waals surface area contributed by atoms with Crippen molar-refractivity contribution in [2.75, 3.05) is 12.8 Å². The average Bonchev–Trinajstić information content (AvgIpc) is 3.40. The zero-order valence-corrected chi connectivity index (χ0v) is 20.3. The van der Waals surface area contributed by atoms with E-state index in [1.54, 1.807) is 36.0 Å². The lowest BCUT2D eigenvalue weighted by atomic mass is 10.2. The van der Waals surface area contributed by atoms with Crippen LogP contribution in [0.3, 0.4) is 0 Å². The van der Waals surface area contributed by atoms with E-state index in [2.05, 4.69) is 10.9 Å². The van der Waals surface area contributed by atoms with E-state index in [1.165, 1.54) is 15.6 Å². The van der Waals surface area contributed by atoms with Crippen LogP contribution in [-0.2, 0) is 21.4 Å². The maximum atomic E-state index is 13.2. The van der Waals surface area contributed by atoms with Crippen molar-refractivity contribution in [1.29, 1.82) is 0 Å². The molecule has 2 heterocycles. The zero-order valence-electron chi connectivity index (χ0n) is 17.8. The van der Waals surface area contributed by atoms with Gasteiger partial charge in [-0.3, -0.25) is 4.79 Å². The summed E-state index contributed by atoms with van der Waals surface area (Å²) in [5.74, 6) is 2.16. The lowest BCUT2D eigenvalue weighted by molar-refractivity contribution is -0.121. The molecule has 0 radical (unpaired) electrons. The number of thioether (sulfide) groups is 1. The number of benzene rings is 2. The molecule has 1 atom stereocenters. The SMILES string of the molecule is C#CCn1c(=NC(=O)C2CCCN2S(=O)(=O)c2ccc(C)cc2)sc2cc(SC)ccc21. The van der Waals surface area contributed by atoms with Gasteiger partial charge in [-0.15, -0.1) is 18.2 Å². The molecule has 0 aliphatic carbocycles. The summed E-state index contributed by atoms with van der Waals surface area (Å²) >= 11 is 3.02. The third-order valence-corrected chi connectivity index (χ3v) is 9.15. The third-order valence-electron chi connectivity index (χ3n) is 5.46. The number of carbonyl (C=O) groups is 1. The number of fused-ring (bicyclic) bond motifs is 1. The summed E-state index contributed by atoms with van der Waals surface area (Å²) in [5, 5.41) is 0. The predicted octanol–water partition coefficient (Wildman–Crippen LogP) is 3.65. The number of rotatable bonds is 5. The summed E-state index contributed by atoms with van der Waals surface area (Å²) in [6.45, 7) is 2.48. The smallest absolute Gasteiger partial charge is 0.266 e. The first-order valence-corrected chi connectivity index (χ1v) is 13.6. The highest BCUT2D eigenvalue weighted by Crippen LogP contribution is 2.28. The van der Waals surface area contributed by atoms with Gasteiger partial charge < -0.3 is 4.57 Å². The van der Waals surface area contributed by atoms with Crippen molar-refractivity contribution in [3.63, 3.8) is 0 Å². The molecule has 0 saturated carbocycles. The molecule has 0 N–H and O–H groups in total. The number of hydrogen-bond donors (Lipinski definition) is 0. The fourth-order valence-corrected chi connectivity index (χ4v) is 7.04. The molecule has 1 aliphatic rings. The van der Waals surface area contributed by atoms with Crippen LogP contribution in [0.25, 0.3) is 10.2 Å². The van der Waals surface area contributed by atoms with Gasteiger partial charge in [0.15, 0.2) is 4.80 Å². The molecule has 1 aromatic heterocycles. The van der Waals surface area contributed by atoms with Crippen molar-refractivity contribution in [3.8, 4) is 12.3 Å². The molecule has 1 saturated heterocycles. The van der Waals surface area contributed by atoms with E-state index in [0.29, 0.717) is 24.2 Å². The lowest BCUT2D eigenvalue weighted by Crippen LogP contribution is -2.40. The van der Waals surface area contributed by atoms with Crippen LogP contribution in [-0.4, -0.2) is 42.0 Å². The van der Waals surface area contributed by atoms with Gasteiger partial charge >= 0.3 is 0 Å². The molecule has 9 heteroatoms. The van der Waals surface area contributed by atoms with E-state index < -0.39 is 22.0 Å². The molecular formula is C23H23N3O3S3. The minimum absolute atomic E-state index is 0.191. The number of nitrogens with zero attached hydrogens (tertiary/aromatic N) is 3. The fraction of sp³-hybridized carbons (Fsp3) is 0.304. The van der Waals surface area contributed by atoms with Crippen LogP contribution in [0.4, 0.5) is 0 Å². The lowest BCUT2D eigenvalue weighted by Gasteiger charge is -2.21. The summed E-state index contributed by atoms with van der Waals surface area (Å²) in [4.78, 5) is 19.3. The second-order valence-corrected chi connectivity index (χ2v) is 11.3. The van der Waals surface area contributed by atoms with Gasteiger partial charge in [0.2, 0.25) is 10.0 Å². The highest BCUT2D eigenvalue weighted by molar-refractivity contribution is 7.98. The number of aryl methyl sites for hydroxylation is 1. The first-order chi connectivity index (χ1) is 15.3. The second-order valence-electron chi connectivity index (χ2n) is 7.55. The topological polar surface area (TPSA) is 71.7 Å². The van der Waals surface area contributed by atoms with Crippen molar-refractivity contribution in [1.82, 2.24) is 8.87 Å². The summed E-state index contributed by atoms with van der Waals surface area (Å²) < 4.78 is 30.5. The van der Waals surface area contributed by atoms with Crippen LogP contribution in [0.15, 0.2) is 57.2 Å². The molecule has 1 fully saturated rings. The quantitative estimate of drug-likeness (QED) is 0.409. The van der Waals surface area contributed by atoms with Crippen molar-refractivity contribution < 1.29 is 13.2 Å². The zero-order chi connectivity index (χ0) is 22.9. The number of aromatic nitrogens is 1. The predicted molar refractivity (Wildman–Crippen MR) is 129 cm³/mol. The van der Waals surface area contributed by atoms with Crippen LogP contribution >= 0.6 is 23.1 Å². The number of thiazole rings is 1. The molecule has 6 nitrogen and oxygen atoms in total. The minimum Gasteiger partial charge on any atom is -0.305 e. The molecule has 0 bridgehead atoms. The molecule has 0 spiro atoms. The third kappa shape index (κ3) is 4.28. The summed E-state index contributed by atoms with van der Waals surface area (Å²) in [7, 11) is -3.78. The Morgan fingerprint density at radius 1 is 1.28 bits per heavy atom. The van der Waals surface area contributed by atoms with Gasteiger partial charge in [-0.2, -0.15) is 9.30 Å². The van der Waals surface area contributed by atoms with E-state index in [-0.39, 0.29) is 11.4 Å². The maximum absolute atomic E-state index is 13.2. The molecule has 1 aliphatic heterocycles. The monoisotopic (exact) mass is 485 g/mol. The van der Waals surface area contributed by atoms with E-state index in [1.807, 2.05) is 35.9 Å². The minimum atomic E-state index is -3.78. The molecule has 166 valence electrons.